The lowest BCUT2D eigenvalue weighted by Crippen LogP contribution is -2.29. The quantitative estimate of drug-likeness (QED) is 0.809. The first-order valence-corrected chi connectivity index (χ1v) is 7.95. The second kappa shape index (κ2) is 8.73. The molecule has 6 heteroatoms. The molecule has 2 rings (SSSR count). The first-order valence-electron chi connectivity index (χ1n) is 7.95. The zero-order valence-electron chi connectivity index (χ0n) is 14.7. The highest BCUT2D eigenvalue weighted by atomic mass is 16.5. The van der Waals surface area contributed by atoms with E-state index in [1.54, 1.807) is 39.4 Å². The lowest BCUT2D eigenvalue weighted by Gasteiger charge is -2.12. The molecule has 0 saturated heterocycles. The third-order valence-electron chi connectivity index (χ3n) is 3.59. The van der Waals surface area contributed by atoms with E-state index in [9.17, 15) is 9.59 Å². The van der Waals surface area contributed by atoms with Crippen molar-refractivity contribution in [1.82, 2.24) is 10.2 Å². The summed E-state index contributed by atoms with van der Waals surface area (Å²) in [6, 6.07) is 14.6. The standard InChI is InChI=1S/C19H23N3O3/c1-22(2)19(24)15-7-5-8-16(11-15)20-13-18(23)21-12-14-6-4-9-17(10-14)25-3/h4-11,20H,12-13H2,1-3H3,(H,21,23). The number of nitrogens with one attached hydrogen (secondary N) is 2. The van der Waals surface area contributed by atoms with E-state index in [-0.39, 0.29) is 18.4 Å². The lowest BCUT2D eigenvalue weighted by molar-refractivity contribution is -0.119. The second-order valence-electron chi connectivity index (χ2n) is 5.76. The van der Waals surface area contributed by atoms with Crippen LogP contribution in [0.1, 0.15) is 15.9 Å². The Morgan fingerprint density at radius 1 is 1.08 bits per heavy atom. The largest absolute Gasteiger partial charge is 0.497 e. The molecular weight excluding hydrogens is 318 g/mol. The van der Waals surface area contributed by atoms with Crippen molar-refractivity contribution in [3.8, 4) is 5.75 Å². The zero-order chi connectivity index (χ0) is 18.2. The van der Waals surface area contributed by atoms with Crippen molar-refractivity contribution in [2.24, 2.45) is 0 Å². The van der Waals surface area contributed by atoms with Crippen LogP contribution in [0.2, 0.25) is 0 Å². The number of nitrogens with zero attached hydrogens (tertiary/aromatic N) is 1. The normalized spacial score (nSPS) is 10.0. The Morgan fingerprint density at radius 3 is 2.56 bits per heavy atom. The van der Waals surface area contributed by atoms with Gasteiger partial charge in [0.25, 0.3) is 5.91 Å². The van der Waals surface area contributed by atoms with E-state index in [1.165, 1.54) is 4.90 Å². The smallest absolute Gasteiger partial charge is 0.253 e. The van der Waals surface area contributed by atoms with Gasteiger partial charge in [-0.1, -0.05) is 18.2 Å². The lowest BCUT2D eigenvalue weighted by atomic mass is 10.2. The molecule has 6 nitrogen and oxygen atoms in total. The van der Waals surface area contributed by atoms with Crippen molar-refractivity contribution < 1.29 is 14.3 Å². The van der Waals surface area contributed by atoms with E-state index >= 15 is 0 Å². The fourth-order valence-corrected chi connectivity index (χ4v) is 2.25. The molecule has 0 unspecified atom stereocenters. The second-order valence-corrected chi connectivity index (χ2v) is 5.76. The molecular formula is C19H23N3O3. The molecule has 2 aromatic carbocycles. The van der Waals surface area contributed by atoms with Crippen LogP contribution in [0, 0.1) is 0 Å². The van der Waals surface area contributed by atoms with Gasteiger partial charge in [-0.2, -0.15) is 0 Å². The Labute approximate surface area is 147 Å². The number of rotatable bonds is 7. The number of ether oxygens (including phenoxy) is 1. The topological polar surface area (TPSA) is 70.7 Å². The van der Waals surface area contributed by atoms with Gasteiger partial charge in [0.2, 0.25) is 5.91 Å². The predicted octanol–water partition coefficient (Wildman–Crippen LogP) is 2.13. The van der Waals surface area contributed by atoms with Crippen LogP contribution >= 0.6 is 0 Å². The van der Waals surface area contributed by atoms with Crippen LogP contribution in [0.15, 0.2) is 48.5 Å². The highest BCUT2D eigenvalue weighted by molar-refractivity contribution is 5.95. The summed E-state index contributed by atoms with van der Waals surface area (Å²) in [5.41, 5.74) is 2.27. The monoisotopic (exact) mass is 341 g/mol. The predicted molar refractivity (Wildman–Crippen MR) is 97.8 cm³/mol. The highest BCUT2D eigenvalue weighted by Crippen LogP contribution is 2.13. The van der Waals surface area contributed by atoms with E-state index < -0.39 is 0 Å². The van der Waals surface area contributed by atoms with Gasteiger partial charge in [0.1, 0.15) is 5.75 Å². The van der Waals surface area contributed by atoms with Crippen LogP contribution in [0.25, 0.3) is 0 Å². The summed E-state index contributed by atoms with van der Waals surface area (Å²) in [5.74, 6) is 0.547. The third-order valence-corrected chi connectivity index (χ3v) is 3.59. The molecule has 25 heavy (non-hydrogen) atoms. The molecule has 0 aliphatic rings. The van der Waals surface area contributed by atoms with Crippen LogP contribution in [0.5, 0.6) is 5.75 Å². The molecule has 2 N–H and O–H groups in total. The van der Waals surface area contributed by atoms with Gasteiger partial charge >= 0.3 is 0 Å². The van der Waals surface area contributed by atoms with Gasteiger partial charge < -0.3 is 20.3 Å². The van der Waals surface area contributed by atoms with Crippen molar-refractivity contribution in [2.75, 3.05) is 33.1 Å². The Hall–Kier alpha value is -3.02. The van der Waals surface area contributed by atoms with Gasteiger partial charge in [-0.05, 0) is 35.9 Å². The molecule has 0 heterocycles. The Balaban J connectivity index is 1.85. The molecule has 0 aliphatic carbocycles. The van der Waals surface area contributed by atoms with Gasteiger partial charge in [0.15, 0.2) is 0 Å². The molecule has 0 aliphatic heterocycles. The van der Waals surface area contributed by atoms with Crippen LogP contribution in [0.3, 0.4) is 0 Å². The van der Waals surface area contributed by atoms with E-state index in [0.717, 1.165) is 17.0 Å². The fourth-order valence-electron chi connectivity index (χ4n) is 2.25. The average Bonchev–Trinajstić information content (AvgIpc) is 2.64. The molecule has 2 aromatic rings. The van der Waals surface area contributed by atoms with Crippen molar-refractivity contribution >= 4 is 17.5 Å². The molecule has 0 saturated carbocycles. The van der Waals surface area contributed by atoms with Gasteiger partial charge in [0, 0.05) is 31.9 Å². The number of carbonyl (C=O) groups excluding carboxylic acids is 2. The van der Waals surface area contributed by atoms with Crippen LogP contribution in [-0.2, 0) is 11.3 Å². The number of benzene rings is 2. The van der Waals surface area contributed by atoms with Crippen LogP contribution < -0.4 is 15.4 Å². The molecule has 0 radical (unpaired) electrons. The Morgan fingerprint density at radius 2 is 1.84 bits per heavy atom. The molecule has 0 aromatic heterocycles. The van der Waals surface area contributed by atoms with Gasteiger partial charge in [-0.25, -0.2) is 0 Å². The van der Waals surface area contributed by atoms with E-state index in [0.29, 0.717) is 12.1 Å². The third kappa shape index (κ3) is 5.53. The number of amides is 2. The van der Waals surface area contributed by atoms with E-state index in [2.05, 4.69) is 10.6 Å². The summed E-state index contributed by atoms with van der Waals surface area (Å²) in [6.07, 6.45) is 0. The molecule has 0 bridgehead atoms. The first-order chi connectivity index (χ1) is 12.0. The fraction of sp³-hybridized carbons (Fsp3) is 0.263. The summed E-state index contributed by atoms with van der Waals surface area (Å²) in [6.45, 7) is 0.556. The maximum atomic E-state index is 12.0. The van der Waals surface area contributed by atoms with Crippen LogP contribution in [0.4, 0.5) is 5.69 Å². The molecule has 0 fully saturated rings. The minimum absolute atomic E-state index is 0.0777. The number of carbonyl (C=O) groups is 2. The summed E-state index contributed by atoms with van der Waals surface area (Å²) >= 11 is 0. The van der Waals surface area contributed by atoms with Crippen molar-refractivity contribution in [3.63, 3.8) is 0 Å². The summed E-state index contributed by atoms with van der Waals surface area (Å²) in [7, 11) is 5.01. The summed E-state index contributed by atoms with van der Waals surface area (Å²) < 4.78 is 5.16. The van der Waals surface area contributed by atoms with Gasteiger partial charge in [0.05, 0.1) is 13.7 Å². The average molecular weight is 341 g/mol. The van der Waals surface area contributed by atoms with Crippen molar-refractivity contribution in [1.29, 1.82) is 0 Å². The molecule has 0 atom stereocenters. The first kappa shape index (κ1) is 18.3. The molecule has 132 valence electrons. The zero-order valence-corrected chi connectivity index (χ0v) is 14.7. The maximum absolute atomic E-state index is 12.0. The Kier molecular flexibility index (Phi) is 6.39. The SMILES string of the molecule is COc1cccc(CNC(=O)CNc2cccc(C(=O)N(C)C)c2)c1. The highest BCUT2D eigenvalue weighted by Gasteiger charge is 2.08. The Bertz CT molecular complexity index is 744. The number of hydrogen-bond donors (Lipinski definition) is 2. The summed E-state index contributed by atoms with van der Waals surface area (Å²) in [4.78, 5) is 25.5. The minimum Gasteiger partial charge on any atom is -0.497 e. The number of hydrogen-bond acceptors (Lipinski definition) is 4. The minimum atomic E-state index is -0.132. The van der Waals surface area contributed by atoms with Crippen LogP contribution in [-0.4, -0.2) is 44.5 Å². The maximum Gasteiger partial charge on any atom is 0.253 e. The van der Waals surface area contributed by atoms with E-state index in [1.807, 2.05) is 30.3 Å². The van der Waals surface area contributed by atoms with Crippen molar-refractivity contribution in [3.05, 3.63) is 59.7 Å². The molecule has 0 spiro atoms. The number of methoxy groups -OCH3 is 1. The summed E-state index contributed by atoms with van der Waals surface area (Å²) in [5, 5.41) is 5.87. The van der Waals surface area contributed by atoms with Gasteiger partial charge in [-0.3, -0.25) is 9.59 Å². The van der Waals surface area contributed by atoms with Gasteiger partial charge in [-0.15, -0.1) is 0 Å². The molecule has 2 amide bonds. The van der Waals surface area contributed by atoms with E-state index in [4.69, 9.17) is 4.74 Å². The number of anilines is 1. The van der Waals surface area contributed by atoms with Crippen molar-refractivity contribution in [2.45, 2.75) is 6.54 Å².